The third kappa shape index (κ3) is 6.35. The fraction of sp³-hybridized carbons (Fsp3) is 0.500. The van der Waals surface area contributed by atoms with E-state index in [0.29, 0.717) is 17.8 Å². The van der Waals surface area contributed by atoms with Gasteiger partial charge in [-0.15, -0.1) is 12.2 Å². The van der Waals surface area contributed by atoms with Crippen molar-refractivity contribution >= 4 is 77.3 Å². The maximum Gasteiger partial charge on any atom is 0.325 e. The number of aliphatic hydroxyl groups is 1. The Labute approximate surface area is 258 Å². The first-order valence-corrected chi connectivity index (χ1v) is 19.1. The Morgan fingerprint density at radius 2 is 2.05 bits per heavy atom. The Balaban J connectivity index is 1.18. The number of aromatic nitrogens is 8. The molecule has 0 spiro atoms. The number of anilines is 2. The van der Waals surface area contributed by atoms with E-state index in [0.717, 1.165) is 0 Å². The van der Waals surface area contributed by atoms with Crippen LogP contribution in [0.3, 0.4) is 0 Å². The minimum absolute atomic E-state index is 0.0228. The van der Waals surface area contributed by atoms with Crippen molar-refractivity contribution in [2.24, 2.45) is 0 Å². The molecule has 0 bridgehead atoms. The summed E-state index contributed by atoms with van der Waals surface area (Å²) in [5.74, 6) is 0.0872. The smallest absolute Gasteiger partial charge is 0.325 e. The van der Waals surface area contributed by atoms with Gasteiger partial charge < -0.3 is 44.5 Å². The zero-order valence-electron chi connectivity index (χ0n) is 21.9. The molecule has 2 aliphatic heterocycles. The molecule has 18 nitrogen and oxygen atoms in total. The number of aliphatic hydroxyl groups excluding tert-OH is 1. The molecular formula is C20H26N10O8P2S3. The fourth-order valence-electron chi connectivity index (χ4n) is 5.05. The van der Waals surface area contributed by atoms with Crippen molar-refractivity contribution < 1.29 is 33.0 Å². The SMILES string of the molecule is Nc1nc2c(ncn2[C@@H]2O[C@H](CO)C[C@H]2OP(O)(=S)OC[C@H]2O[C@@H](c3cnc4c(N)ncnn34)C[C@@H]2O[PH](=S)S)c(=O)[nH]1. The molecule has 6 heterocycles. The second-order valence-electron chi connectivity index (χ2n) is 9.64. The second kappa shape index (κ2) is 12.3. The summed E-state index contributed by atoms with van der Waals surface area (Å²) < 4.78 is 32.6. The van der Waals surface area contributed by atoms with Crippen LogP contribution >= 0.6 is 25.1 Å². The van der Waals surface area contributed by atoms with Crippen molar-refractivity contribution in [3.8, 4) is 0 Å². The molecule has 0 radical (unpaired) electrons. The van der Waals surface area contributed by atoms with Gasteiger partial charge in [-0.05, 0) is 11.8 Å². The number of thiol groups is 1. The molecule has 6 rings (SSSR count). The lowest BCUT2D eigenvalue weighted by Crippen LogP contribution is -2.28. The Morgan fingerprint density at radius 1 is 1.23 bits per heavy atom. The molecule has 0 amide bonds. The Morgan fingerprint density at radius 3 is 2.81 bits per heavy atom. The number of rotatable bonds is 10. The number of hydrogen-bond donors (Lipinski definition) is 6. The molecule has 0 aromatic carbocycles. The largest absolute Gasteiger partial charge is 0.394 e. The van der Waals surface area contributed by atoms with Crippen LogP contribution in [0.5, 0.6) is 0 Å². The van der Waals surface area contributed by atoms with Crippen LogP contribution in [0.2, 0.25) is 0 Å². The van der Waals surface area contributed by atoms with Gasteiger partial charge in [0, 0.05) is 12.8 Å². The lowest BCUT2D eigenvalue weighted by atomic mass is 10.1. The van der Waals surface area contributed by atoms with Gasteiger partial charge in [-0.1, -0.05) is 11.8 Å². The van der Waals surface area contributed by atoms with Gasteiger partial charge in [-0.25, -0.2) is 19.5 Å². The standard InChI is InChI=1S/C20H26N10O8P2S3/c21-15-17-23-3-9(30(17)26-6-24-15)10-2-11(37-39(41)42)13(36-10)5-34-40(33,43)38-12-1-8(4-31)35-19(12)29-7-25-14-16(29)27-20(22)28-18(14)32/h3,6-8,10-13,19,31,39H,1-2,4-5H2,(H,33,43)(H,41,42)(H2,21,24,26)(H3,22,27,28,32)/t8-,10+,11-,12+,13+,19+,40?/m0/s1. The van der Waals surface area contributed by atoms with Crippen molar-refractivity contribution in [3.63, 3.8) is 0 Å². The number of aromatic amines is 1. The lowest BCUT2D eigenvalue weighted by molar-refractivity contribution is -0.0495. The van der Waals surface area contributed by atoms with E-state index < -0.39 is 55.2 Å². The number of ether oxygens (including phenoxy) is 2. The van der Waals surface area contributed by atoms with Gasteiger partial charge in [0.1, 0.15) is 30.8 Å². The highest BCUT2D eigenvalue weighted by Gasteiger charge is 2.43. The molecule has 0 aliphatic carbocycles. The summed E-state index contributed by atoms with van der Waals surface area (Å²) in [4.78, 5) is 42.2. The number of H-pyrrole nitrogens is 1. The van der Waals surface area contributed by atoms with Gasteiger partial charge in [-0.2, -0.15) is 10.1 Å². The summed E-state index contributed by atoms with van der Waals surface area (Å²) in [6.07, 6.45) is -1.42. The Hall–Kier alpha value is -2.13. The quantitative estimate of drug-likeness (QED) is 0.0944. The summed E-state index contributed by atoms with van der Waals surface area (Å²) in [7, 11) is 0. The number of nitrogen functional groups attached to an aromatic ring is 2. The molecule has 4 aromatic heterocycles. The van der Waals surface area contributed by atoms with Crippen LogP contribution < -0.4 is 17.0 Å². The zero-order valence-corrected chi connectivity index (χ0v) is 26.3. The summed E-state index contributed by atoms with van der Waals surface area (Å²) in [6, 6.07) is 0. The van der Waals surface area contributed by atoms with Crippen LogP contribution in [0.25, 0.3) is 16.8 Å². The molecule has 2 unspecified atom stereocenters. The predicted octanol–water partition coefficient (Wildman–Crippen LogP) is -0.0286. The van der Waals surface area contributed by atoms with Gasteiger partial charge >= 0.3 is 6.72 Å². The molecule has 43 heavy (non-hydrogen) atoms. The first-order valence-electron chi connectivity index (χ1n) is 12.7. The van der Waals surface area contributed by atoms with Crippen LogP contribution in [0.15, 0.2) is 23.6 Å². The average Bonchev–Trinajstić information content (AvgIpc) is 3.72. The van der Waals surface area contributed by atoms with Crippen molar-refractivity contribution in [2.75, 3.05) is 24.7 Å². The minimum atomic E-state index is -3.94. The van der Waals surface area contributed by atoms with Gasteiger partial charge in [0.15, 0.2) is 28.9 Å². The number of fused-ring (bicyclic) bond motifs is 2. The maximum atomic E-state index is 12.3. The van der Waals surface area contributed by atoms with Crippen LogP contribution in [-0.2, 0) is 46.7 Å². The van der Waals surface area contributed by atoms with Crippen molar-refractivity contribution in [2.45, 2.75) is 49.6 Å². The van der Waals surface area contributed by atoms with E-state index in [1.54, 1.807) is 6.20 Å². The number of hydrogen-bond acceptors (Lipinski definition) is 16. The fourth-order valence-corrected chi connectivity index (χ4v) is 7.78. The molecule has 232 valence electrons. The molecule has 2 aliphatic rings. The molecular weight excluding hydrogens is 666 g/mol. The molecule has 7 N–H and O–H groups in total. The number of imidazole rings is 2. The van der Waals surface area contributed by atoms with E-state index in [9.17, 15) is 14.8 Å². The van der Waals surface area contributed by atoms with Crippen LogP contribution in [0.4, 0.5) is 11.8 Å². The maximum absolute atomic E-state index is 12.3. The predicted molar refractivity (Wildman–Crippen MR) is 162 cm³/mol. The van der Waals surface area contributed by atoms with E-state index in [1.165, 1.54) is 21.7 Å². The third-order valence-corrected chi connectivity index (χ3v) is 9.58. The highest BCUT2D eigenvalue weighted by Crippen LogP contribution is 2.51. The van der Waals surface area contributed by atoms with E-state index in [-0.39, 0.29) is 42.6 Å². The molecule has 0 saturated carbocycles. The van der Waals surface area contributed by atoms with Gasteiger partial charge in [-0.3, -0.25) is 14.3 Å². The number of nitrogens with zero attached hydrogens (tertiary/aromatic N) is 7. The first-order chi connectivity index (χ1) is 20.5. The van der Waals surface area contributed by atoms with Gasteiger partial charge in [0.05, 0.1) is 43.6 Å². The normalized spacial score (nSPS) is 28.1. The minimum Gasteiger partial charge on any atom is -0.394 e. The van der Waals surface area contributed by atoms with E-state index in [2.05, 4.69) is 42.3 Å². The van der Waals surface area contributed by atoms with Crippen molar-refractivity contribution in [1.29, 1.82) is 0 Å². The molecule has 2 saturated heterocycles. The number of nitrogens with one attached hydrogen (secondary N) is 1. The second-order valence-corrected chi connectivity index (χ2v) is 16.4. The zero-order chi connectivity index (χ0) is 30.5. The molecule has 23 heteroatoms. The monoisotopic (exact) mass is 692 g/mol. The lowest BCUT2D eigenvalue weighted by Gasteiger charge is -2.26. The van der Waals surface area contributed by atoms with E-state index in [1.807, 2.05) is 0 Å². The van der Waals surface area contributed by atoms with Crippen LogP contribution in [-0.4, -0.2) is 86.7 Å². The average molecular weight is 693 g/mol. The van der Waals surface area contributed by atoms with Crippen LogP contribution in [0, 0.1) is 0 Å². The Bertz CT molecular complexity index is 1790. The van der Waals surface area contributed by atoms with E-state index in [4.69, 9.17) is 58.1 Å². The third-order valence-electron chi connectivity index (χ3n) is 6.88. The van der Waals surface area contributed by atoms with Gasteiger partial charge in [0.25, 0.3) is 5.56 Å². The highest BCUT2D eigenvalue weighted by atomic mass is 32.9. The van der Waals surface area contributed by atoms with Crippen molar-refractivity contribution in [1.82, 2.24) is 39.1 Å². The van der Waals surface area contributed by atoms with E-state index >= 15 is 0 Å². The molecule has 8 atom stereocenters. The highest BCUT2D eigenvalue weighted by molar-refractivity contribution is 8.54. The van der Waals surface area contributed by atoms with Crippen LogP contribution in [0.1, 0.15) is 30.9 Å². The summed E-state index contributed by atoms with van der Waals surface area (Å²) in [6.45, 7) is -4.48. The molecule has 4 aromatic rings. The Kier molecular flexibility index (Phi) is 8.86. The van der Waals surface area contributed by atoms with Crippen molar-refractivity contribution in [3.05, 3.63) is 34.9 Å². The first kappa shape index (κ1) is 30.9. The topological polar surface area (TPSA) is 245 Å². The van der Waals surface area contributed by atoms with Gasteiger partial charge in [0.2, 0.25) is 5.95 Å². The molecule has 2 fully saturated rings. The summed E-state index contributed by atoms with van der Waals surface area (Å²) >= 11 is 14.8. The summed E-state index contributed by atoms with van der Waals surface area (Å²) in [5.41, 5.74) is 12.2. The number of nitrogens with two attached hydrogens (primary N) is 2. The summed E-state index contributed by atoms with van der Waals surface area (Å²) in [5, 5.41) is 14.0.